The van der Waals surface area contributed by atoms with Crippen LogP contribution in [0.3, 0.4) is 0 Å². The van der Waals surface area contributed by atoms with Gasteiger partial charge in [0.1, 0.15) is 17.4 Å². The molecule has 0 radical (unpaired) electrons. The summed E-state index contributed by atoms with van der Waals surface area (Å²) in [7, 11) is 0. The van der Waals surface area contributed by atoms with Crippen LogP contribution in [0, 0.1) is 29.4 Å². The summed E-state index contributed by atoms with van der Waals surface area (Å²) < 4.78 is 27.7. The van der Waals surface area contributed by atoms with Crippen molar-refractivity contribution in [2.45, 2.75) is 32.1 Å². The minimum absolute atomic E-state index is 0.00287. The molecule has 0 aromatic heterocycles. The van der Waals surface area contributed by atoms with Crippen molar-refractivity contribution in [3.63, 3.8) is 0 Å². The third-order valence-corrected chi connectivity index (χ3v) is 5.25. The van der Waals surface area contributed by atoms with Crippen LogP contribution in [0.1, 0.15) is 31.2 Å². The number of rotatable bonds is 3. The zero-order valence-electron chi connectivity index (χ0n) is 10.5. The van der Waals surface area contributed by atoms with Gasteiger partial charge in [-0.15, -0.1) is 0 Å². The van der Waals surface area contributed by atoms with Gasteiger partial charge >= 0.3 is 0 Å². The van der Waals surface area contributed by atoms with Crippen LogP contribution in [0.15, 0.2) is 16.6 Å². The van der Waals surface area contributed by atoms with E-state index in [0.29, 0.717) is 11.8 Å². The summed E-state index contributed by atoms with van der Waals surface area (Å²) in [6.45, 7) is 0. The summed E-state index contributed by atoms with van der Waals surface area (Å²) in [6.07, 6.45) is 4.24. The standard InChI is InChI=1S/C15H15BrF2O/c16-12-3-4-13(17)11(15(12)18)7-14(19)10-6-8-1-2-9(10)5-8/h3-4,8-10H,1-2,5-7H2. The molecule has 1 nitrogen and oxygen atoms in total. The molecule has 3 atom stereocenters. The molecule has 2 aliphatic rings. The van der Waals surface area contributed by atoms with Crippen LogP contribution in [0.2, 0.25) is 0 Å². The van der Waals surface area contributed by atoms with Crippen LogP contribution in [0.5, 0.6) is 0 Å². The van der Waals surface area contributed by atoms with Crippen LogP contribution in [0.25, 0.3) is 0 Å². The Balaban J connectivity index is 1.78. The molecule has 0 saturated heterocycles. The van der Waals surface area contributed by atoms with E-state index in [4.69, 9.17) is 0 Å². The second kappa shape index (κ2) is 4.97. The third kappa shape index (κ3) is 2.35. The van der Waals surface area contributed by atoms with Crippen LogP contribution < -0.4 is 0 Å². The molecule has 2 aliphatic carbocycles. The maximum atomic E-state index is 13.9. The van der Waals surface area contributed by atoms with Gasteiger partial charge in [-0.05, 0) is 59.2 Å². The lowest BCUT2D eigenvalue weighted by molar-refractivity contribution is -0.123. The Hall–Kier alpha value is -0.770. The third-order valence-electron chi connectivity index (χ3n) is 4.64. The fraction of sp³-hybridized carbons (Fsp3) is 0.533. The number of ketones is 1. The van der Waals surface area contributed by atoms with E-state index in [2.05, 4.69) is 15.9 Å². The van der Waals surface area contributed by atoms with Gasteiger partial charge in [0.05, 0.1) is 4.47 Å². The van der Waals surface area contributed by atoms with E-state index in [9.17, 15) is 13.6 Å². The molecule has 4 heteroatoms. The van der Waals surface area contributed by atoms with Gasteiger partial charge in [-0.1, -0.05) is 6.42 Å². The van der Waals surface area contributed by atoms with Crippen molar-refractivity contribution in [1.29, 1.82) is 0 Å². The number of hydrogen-bond donors (Lipinski definition) is 0. The number of halogens is 3. The summed E-state index contributed by atoms with van der Waals surface area (Å²) in [5, 5.41) is 0. The molecule has 0 N–H and O–H groups in total. The summed E-state index contributed by atoms with van der Waals surface area (Å²) in [5.74, 6) is -0.125. The maximum absolute atomic E-state index is 13.9. The van der Waals surface area contributed by atoms with Crippen molar-refractivity contribution < 1.29 is 13.6 Å². The molecule has 2 fully saturated rings. The highest BCUT2D eigenvalue weighted by molar-refractivity contribution is 9.10. The molecule has 102 valence electrons. The van der Waals surface area contributed by atoms with Crippen LogP contribution in [-0.4, -0.2) is 5.78 Å². The fourth-order valence-corrected chi connectivity index (χ4v) is 4.05. The monoisotopic (exact) mass is 328 g/mol. The highest BCUT2D eigenvalue weighted by Gasteiger charge is 2.42. The first-order valence-corrected chi connectivity index (χ1v) is 7.50. The summed E-state index contributed by atoms with van der Waals surface area (Å²) in [6, 6.07) is 2.53. The molecule has 2 bridgehead atoms. The number of benzene rings is 1. The van der Waals surface area contributed by atoms with Gasteiger partial charge in [-0.25, -0.2) is 8.78 Å². The topological polar surface area (TPSA) is 17.1 Å². The van der Waals surface area contributed by atoms with E-state index < -0.39 is 11.6 Å². The Kier molecular flexibility index (Phi) is 3.46. The van der Waals surface area contributed by atoms with Gasteiger partial charge in [0.15, 0.2) is 0 Å². The van der Waals surface area contributed by atoms with Gasteiger partial charge in [0.2, 0.25) is 0 Å². The first kappa shape index (κ1) is 13.2. The average molecular weight is 329 g/mol. The zero-order valence-corrected chi connectivity index (χ0v) is 12.1. The molecule has 1 aromatic carbocycles. The molecule has 3 rings (SSSR count). The average Bonchev–Trinajstić information content (AvgIpc) is 3.01. The number of Topliss-reactive ketones (excluding diaryl/α,β-unsaturated/α-hetero) is 1. The minimum atomic E-state index is -0.642. The number of carbonyl (C=O) groups excluding carboxylic acids is 1. The second-order valence-corrected chi connectivity index (χ2v) is 6.60. The van der Waals surface area contributed by atoms with Crippen molar-refractivity contribution >= 4 is 21.7 Å². The Morgan fingerprint density at radius 3 is 2.68 bits per heavy atom. The van der Waals surface area contributed by atoms with Crippen molar-refractivity contribution in [3.8, 4) is 0 Å². The van der Waals surface area contributed by atoms with Crippen molar-refractivity contribution in [2.24, 2.45) is 17.8 Å². The van der Waals surface area contributed by atoms with E-state index in [1.165, 1.54) is 18.6 Å². The van der Waals surface area contributed by atoms with Gasteiger partial charge in [-0.3, -0.25) is 4.79 Å². The zero-order chi connectivity index (χ0) is 13.6. The van der Waals surface area contributed by atoms with Crippen LogP contribution in [0.4, 0.5) is 8.78 Å². The van der Waals surface area contributed by atoms with E-state index in [1.807, 2.05) is 0 Å². The lowest BCUT2D eigenvalue weighted by atomic mass is 9.83. The predicted molar refractivity (Wildman–Crippen MR) is 71.7 cm³/mol. The molecule has 0 heterocycles. The number of fused-ring (bicyclic) bond motifs is 2. The first-order valence-electron chi connectivity index (χ1n) is 6.71. The molecule has 0 aliphatic heterocycles. The molecule has 0 amide bonds. The van der Waals surface area contributed by atoms with E-state index in [0.717, 1.165) is 19.3 Å². The fourth-order valence-electron chi connectivity index (χ4n) is 3.68. The Morgan fingerprint density at radius 1 is 1.26 bits per heavy atom. The molecular formula is C15H15BrF2O. The Morgan fingerprint density at radius 2 is 2.05 bits per heavy atom. The predicted octanol–water partition coefficient (Wildman–Crippen LogP) is 4.28. The van der Waals surface area contributed by atoms with Crippen molar-refractivity contribution in [2.75, 3.05) is 0 Å². The minimum Gasteiger partial charge on any atom is -0.299 e. The smallest absolute Gasteiger partial charge is 0.143 e. The Labute approximate surface area is 119 Å². The van der Waals surface area contributed by atoms with Gasteiger partial charge < -0.3 is 0 Å². The molecule has 19 heavy (non-hydrogen) atoms. The lowest BCUT2D eigenvalue weighted by Gasteiger charge is -2.20. The number of hydrogen-bond acceptors (Lipinski definition) is 1. The second-order valence-electron chi connectivity index (χ2n) is 5.75. The molecular weight excluding hydrogens is 314 g/mol. The quantitative estimate of drug-likeness (QED) is 0.757. The Bertz CT molecular complexity index is 529. The number of carbonyl (C=O) groups is 1. The highest BCUT2D eigenvalue weighted by Crippen LogP contribution is 2.48. The lowest BCUT2D eigenvalue weighted by Crippen LogP contribution is -2.23. The van der Waals surface area contributed by atoms with Gasteiger partial charge in [0.25, 0.3) is 0 Å². The van der Waals surface area contributed by atoms with E-state index >= 15 is 0 Å². The largest absolute Gasteiger partial charge is 0.299 e. The van der Waals surface area contributed by atoms with E-state index in [-0.39, 0.29) is 28.2 Å². The SMILES string of the molecule is O=C(Cc1c(F)ccc(Br)c1F)C1CC2CCC1C2. The van der Waals surface area contributed by atoms with Crippen molar-refractivity contribution in [1.82, 2.24) is 0 Å². The van der Waals surface area contributed by atoms with Gasteiger partial charge in [0, 0.05) is 17.9 Å². The van der Waals surface area contributed by atoms with Crippen molar-refractivity contribution in [3.05, 3.63) is 33.8 Å². The summed E-state index contributed by atoms with van der Waals surface area (Å²) >= 11 is 3.03. The van der Waals surface area contributed by atoms with E-state index in [1.54, 1.807) is 0 Å². The maximum Gasteiger partial charge on any atom is 0.143 e. The molecule has 3 unspecified atom stereocenters. The molecule has 0 spiro atoms. The summed E-state index contributed by atoms with van der Waals surface area (Å²) in [5.41, 5.74) is -0.0952. The molecule has 2 saturated carbocycles. The first-order chi connectivity index (χ1) is 9.06. The summed E-state index contributed by atoms with van der Waals surface area (Å²) in [4.78, 5) is 12.3. The highest BCUT2D eigenvalue weighted by atomic mass is 79.9. The van der Waals surface area contributed by atoms with Crippen LogP contribution in [-0.2, 0) is 11.2 Å². The normalized spacial score (nSPS) is 28.9. The molecule has 1 aromatic rings. The van der Waals surface area contributed by atoms with Gasteiger partial charge in [-0.2, -0.15) is 0 Å². The van der Waals surface area contributed by atoms with Crippen LogP contribution >= 0.6 is 15.9 Å².